The van der Waals surface area contributed by atoms with Crippen LogP contribution < -0.4 is 5.32 Å². The van der Waals surface area contributed by atoms with Crippen LogP contribution in [0.4, 0.5) is 5.69 Å². The van der Waals surface area contributed by atoms with Crippen LogP contribution in [0.2, 0.25) is 0 Å². The maximum atomic E-state index is 11.7. The van der Waals surface area contributed by atoms with Crippen LogP contribution in [-0.4, -0.2) is 53.3 Å². The van der Waals surface area contributed by atoms with Gasteiger partial charge in [-0.2, -0.15) is 5.10 Å². The van der Waals surface area contributed by atoms with E-state index in [1.54, 1.807) is 18.0 Å². The molecule has 1 aromatic heterocycles. The molecule has 1 aliphatic heterocycles. The topological polar surface area (TPSA) is 76.5 Å². The first-order chi connectivity index (χ1) is 11.1. The zero-order valence-electron chi connectivity index (χ0n) is 13.5. The summed E-state index contributed by atoms with van der Waals surface area (Å²) in [4.78, 5) is 24.9. The van der Waals surface area contributed by atoms with E-state index < -0.39 is 0 Å². The number of hydrogen-bond donors (Lipinski definition) is 1. The molecule has 0 bridgehead atoms. The number of carbonyl (C=O) groups is 2. The highest BCUT2D eigenvalue weighted by Gasteiger charge is 2.22. The number of aromatic nitrogens is 2. The highest BCUT2D eigenvalue weighted by Crippen LogP contribution is 2.19. The fraction of sp³-hybridized carbons (Fsp3) is 0.562. The molecule has 1 fully saturated rings. The van der Waals surface area contributed by atoms with Crippen molar-refractivity contribution in [1.82, 2.24) is 14.7 Å². The van der Waals surface area contributed by atoms with Crippen LogP contribution in [0, 0.1) is 17.8 Å². The summed E-state index contributed by atoms with van der Waals surface area (Å²) in [5.74, 6) is 5.41. The lowest BCUT2D eigenvalue weighted by molar-refractivity contribution is -0.126. The van der Waals surface area contributed by atoms with Gasteiger partial charge in [0.2, 0.25) is 5.91 Å². The number of nitrogens with zero attached hydrogens (tertiary/aromatic N) is 3. The van der Waals surface area contributed by atoms with Crippen LogP contribution in [0.15, 0.2) is 12.4 Å². The normalized spacial score (nSPS) is 15.0. The molecule has 2 amide bonds. The molecule has 0 saturated carbocycles. The molecule has 7 heteroatoms. The maximum Gasteiger partial charge on any atom is 0.298 e. The lowest BCUT2D eigenvalue weighted by Gasteiger charge is -2.30. The molecule has 0 atom stereocenters. The highest BCUT2D eigenvalue weighted by atomic mass is 16.5. The predicted molar refractivity (Wildman–Crippen MR) is 85.5 cm³/mol. The van der Waals surface area contributed by atoms with Gasteiger partial charge in [-0.05, 0) is 31.6 Å². The summed E-state index contributed by atoms with van der Waals surface area (Å²) in [6.07, 6.45) is 5.31. The van der Waals surface area contributed by atoms with Crippen LogP contribution in [0.5, 0.6) is 0 Å². The Morgan fingerprint density at radius 2 is 2.17 bits per heavy atom. The largest absolute Gasteiger partial charge is 0.375 e. The molecule has 0 unspecified atom stereocenters. The summed E-state index contributed by atoms with van der Waals surface area (Å²) in [5, 5.41) is 6.99. The van der Waals surface area contributed by atoms with Crippen LogP contribution >= 0.6 is 0 Å². The Balaban J connectivity index is 1.80. The third-order valence-electron chi connectivity index (χ3n) is 3.77. The number of piperidine rings is 1. The number of rotatable bonds is 5. The van der Waals surface area contributed by atoms with E-state index in [2.05, 4.69) is 22.3 Å². The van der Waals surface area contributed by atoms with Crippen molar-refractivity contribution in [3.63, 3.8) is 0 Å². The Labute approximate surface area is 136 Å². The molecule has 1 N–H and O–H groups in total. The molecular weight excluding hydrogens is 296 g/mol. The van der Waals surface area contributed by atoms with Gasteiger partial charge < -0.3 is 15.0 Å². The zero-order chi connectivity index (χ0) is 16.7. The number of amides is 2. The minimum absolute atomic E-state index is 0.0261. The molecule has 1 aliphatic rings. The Morgan fingerprint density at radius 1 is 1.43 bits per heavy atom. The van der Waals surface area contributed by atoms with Gasteiger partial charge >= 0.3 is 0 Å². The molecule has 2 heterocycles. The van der Waals surface area contributed by atoms with Crippen LogP contribution in [0.25, 0.3) is 0 Å². The Morgan fingerprint density at radius 3 is 2.83 bits per heavy atom. The lowest BCUT2D eigenvalue weighted by atomic mass is 9.97. The van der Waals surface area contributed by atoms with Gasteiger partial charge in [0.15, 0.2) is 0 Å². The Kier molecular flexibility index (Phi) is 6.18. The fourth-order valence-corrected chi connectivity index (χ4v) is 2.63. The zero-order valence-corrected chi connectivity index (χ0v) is 13.5. The van der Waals surface area contributed by atoms with Crippen LogP contribution in [0.3, 0.4) is 0 Å². The minimum Gasteiger partial charge on any atom is -0.375 e. The number of hydrogen-bond acceptors (Lipinski definition) is 4. The summed E-state index contributed by atoms with van der Waals surface area (Å²) in [6.45, 7) is 3.94. The quantitative estimate of drug-likeness (QED) is 0.812. The van der Waals surface area contributed by atoms with E-state index in [4.69, 9.17) is 4.74 Å². The van der Waals surface area contributed by atoms with Crippen LogP contribution in [-0.2, 0) is 20.9 Å². The standard InChI is InChI=1S/C16H22N4O3/c1-3-4-16(22)19-7-5-13(6-8-19)10-20-11-14(9-17-20)18-15(21)12-23-2/h9,11,13H,5-8,10,12H2,1-2H3,(H,18,21). The van der Waals surface area contributed by atoms with E-state index in [0.29, 0.717) is 11.6 Å². The highest BCUT2D eigenvalue weighted by molar-refractivity contribution is 5.93. The smallest absolute Gasteiger partial charge is 0.298 e. The molecule has 23 heavy (non-hydrogen) atoms. The summed E-state index contributed by atoms with van der Waals surface area (Å²) >= 11 is 0. The molecule has 1 aromatic rings. The van der Waals surface area contributed by atoms with Crippen molar-refractivity contribution in [3.8, 4) is 11.8 Å². The molecule has 0 radical (unpaired) electrons. The molecule has 124 valence electrons. The van der Waals surface area contributed by atoms with Gasteiger partial charge in [0, 0.05) is 32.9 Å². The fourth-order valence-electron chi connectivity index (χ4n) is 2.63. The summed E-state index contributed by atoms with van der Waals surface area (Å²) in [6, 6.07) is 0. The first-order valence-electron chi connectivity index (χ1n) is 7.65. The molecule has 1 saturated heterocycles. The van der Waals surface area contributed by atoms with E-state index in [1.165, 1.54) is 7.11 Å². The summed E-state index contributed by atoms with van der Waals surface area (Å²) < 4.78 is 6.60. The monoisotopic (exact) mass is 318 g/mol. The van der Waals surface area contributed by atoms with Gasteiger partial charge in [0.1, 0.15) is 6.61 Å². The predicted octanol–water partition coefficient (Wildman–Crippen LogP) is 0.730. The molecule has 0 spiro atoms. The molecule has 7 nitrogen and oxygen atoms in total. The first kappa shape index (κ1) is 17.0. The third kappa shape index (κ3) is 5.11. The summed E-state index contributed by atoms with van der Waals surface area (Å²) in [5.41, 5.74) is 0.665. The Bertz CT molecular complexity index is 606. The second-order valence-electron chi connectivity index (χ2n) is 5.54. The van der Waals surface area contributed by atoms with Crippen molar-refractivity contribution in [2.75, 3.05) is 32.1 Å². The van der Waals surface area contributed by atoms with Gasteiger partial charge in [0.05, 0.1) is 11.9 Å². The lowest BCUT2D eigenvalue weighted by Crippen LogP contribution is -2.38. The van der Waals surface area contributed by atoms with Crippen molar-refractivity contribution in [2.24, 2.45) is 5.92 Å². The average molecular weight is 318 g/mol. The maximum absolute atomic E-state index is 11.7. The van der Waals surface area contributed by atoms with E-state index in [1.807, 2.05) is 10.9 Å². The van der Waals surface area contributed by atoms with E-state index in [9.17, 15) is 9.59 Å². The minimum atomic E-state index is -0.198. The third-order valence-corrected chi connectivity index (χ3v) is 3.77. The van der Waals surface area contributed by atoms with Crippen LogP contribution in [0.1, 0.15) is 19.8 Å². The van der Waals surface area contributed by atoms with Gasteiger partial charge in [-0.3, -0.25) is 14.3 Å². The molecule has 0 aliphatic carbocycles. The van der Waals surface area contributed by atoms with Crippen molar-refractivity contribution in [1.29, 1.82) is 0 Å². The molecule has 0 aromatic carbocycles. The summed E-state index contributed by atoms with van der Waals surface area (Å²) in [7, 11) is 1.48. The first-order valence-corrected chi connectivity index (χ1v) is 7.65. The van der Waals surface area contributed by atoms with Gasteiger partial charge in [-0.1, -0.05) is 5.92 Å². The molecular formula is C16H22N4O3. The van der Waals surface area contributed by atoms with Gasteiger partial charge in [0.25, 0.3) is 5.91 Å². The average Bonchev–Trinajstić information content (AvgIpc) is 2.95. The molecule has 2 rings (SSSR count). The number of ether oxygens (including phenoxy) is 1. The number of nitrogens with one attached hydrogen (secondary N) is 1. The van der Waals surface area contributed by atoms with E-state index in [0.717, 1.165) is 32.5 Å². The van der Waals surface area contributed by atoms with Gasteiger partial charge in [-0.15, -0.1) is 0 Å². The van der Waals surface area contributed by atoms with Crippen molar-refractivity contribution >= 4 is 17.5 Å². The van der Waals surface area contributed by atoms with Gasteiger partial charge in [-0.25, -0.2) is 0 Å². The SMILES string of the molecule is CC#CC(=O)N1CCC(Cn2cc(NC(=O)COC)cn2)CC1. The number of likely N-dealkylation sites (tertiary alicyclic amines) is 1. The van der Waals surface area contributed by atoms with Crippen molar-refractivity contribution in [2.45, 2.75) is 26.3 Å². The second kappa shape index (κ2) is 8.34. The van der Waals surface area contributed by atoms with Crippen molar-refractivity contribution < 1.29 is 14.3 Å². The van der Waals surface area contributed by atoms with E-state index >= 15 is 0 Å². The number of carbonyl (C=O) groups excluding carboxylic acids is 2. The Hall–Kier alpha value is -2.33. The second-order valence-corrected chi connectivity index (χ2v) is 5.54. The number of anilines is 1. The van der Waals surface area contributed by atoms with E-state index in [-0.39, 0.29) is 18.4 Å². The van der Waals surface area contributed by atoms with Crippen molar-refractivity contribution in [3.05, 3.63) is 12.4 Å². The number of methoxy groups -OCH3 is 1.